The molecule has 2 aromatic rings. The van der Waals surface area contributed by atoms with Crippen LogP contribution in [0.5, 0.6) is 11.5 Å². The Kier molecular flexibility index (Phi) is 1.78. The van der Waals surface area contributed by atoms with Crippen molar-refractivity contribution in [1.82, 2.24) is 4.98 Å². The van der Waals surface area contributed by atoms with Crippen molar-refractivity contribution in [2.75, 3.05) is 5.73 Å². The van der Waals surface area contributed by atoms with Crippen LogP contribution in [0, 0.1) is 0 Å². The molecule has 0 bridgehead atoms. The molecule has 0 amide bonds. The average Bonchev–Trinajstić information content (AvgIpc) is 2.57. The number of aromatic nitrogens is 1. The number of oxazole rings is 1. The molecule has 1 aromatic carbocycles. The summed E-state index contributed by atoms with van der Waals surface area (Å²) in [6.07, 6.45) is 1.38. The summed E-state index contributed by atoms with van der Waals surface area (Å²) in [4.78, 5) is 3.87. The SMILES string of the molecule is Nc1nc(-c2ccc(O)c(O)c2)co1. The van der Waals surface area contributed by atoms with Crippen molar-refractivity contribution < 1.29 is 14.6 Å². The van der Waals surface area contributed by atoms with Gasteiger partial charge in [0.1, 0.15) is 12.0 Å². The Labute approximate surface area is 79.4 Å². The van der Waals surface area contributed by atoms with Crippen LogP contribution in [0.25, 0.3) is 11.3 Å². The van der Waals surface area contributed by atoms with Crippen LogP contribution >= 0.6 is 0 Å². The highest BCUT2D eigenvalue weighted by molar-refractivity contribution is 5.63. The molecule has 0 atom stereocenters. The third-order valence-corrected chi connectivity index (χ3v) is 1.79. The molecule has 4 N–H and O–H groups in total. The summed E-state index contributed by atoms with van der Waals surface area (Å²) < 4.78 is 4.81. The molecular formula is C9H8N2O3. The first kappa shape index (κ1) is 8.43. The van der Waals surface area contributed by atoms with Gasteiger partial charge in [-0.2, -0.15) is 4.98 Å². The van der Waals surface area contributed by atoms with Gasteiger partial charge in [-0.25, -0.2) is 0 Å². The minimum Gasteiger partial charge on any atom is -0.504 e. The van der Waals surface area contributed by atoms with E-state index in [1.165, 1.54) is 18.4 Å². The number of nitrogens with two attached hydrogens (primary N) is 1. The Morgan fingerprint density at radius 2 is 2.00 bits per heavy atom. The molecule has 0 unspecified atom stereocenters. The lowest BCUT2D eigenvalue weighted by Crippen LogP contribution is -1.83. The van der Waals surface area contributed by atoms with Crippen LogP contribution in [-0.4, -0.2) is 15.2 Å². The first-order valence-electron chi connectivity index (χ1n) is 3.90. The van der Waals surface area contributed by atoms with Gasteiger partial charge >= 0.3 is 0 Å². The molecule has 0 saturated heterocycles. The zero-order chi connectivity index (χ0) is 10.1. The van der Waals surface area contributed by atoms with Crippen LogP contribution in [0.2, 0.25) is 0 Å². The summed E-state index contributed by atoms with van der Waals surface area (Å²) in [7, 11) is 0. The molecule has 1 heterocycles. The van der Waals surface area contributed by atoms with Crippen LogP contribution in [0.1, 0.15) is 0 Å². The highest BCUT2D eigenvalue weighted by Crippen LogP contribution is 2.30. The number of anilines is 1. The molecule has 0 fully saturated rings. The van der Waals surface area contributed by atoms with Crippen LogP contribution in [0.15, 0.2) is 28.9 Å². The number of phenolic OH excluding ortho intramolecular Hbond substituents is 2. The summed E-state index contributed by atoms with van der Waals surface area (Å²) >= 11 is 0. The van der Waals surface area contributed by atoms with Crippen molar-refractivity contribution in [2.24, 2.45) is 0 Å². The number of phenols is 2. The van der Waals surface area contributed by atoms with Crippen LogP contribution in [0.3, 0.4) is 0 Å². The summed E-state index contributed by atoms with van der Waals surface area (Å²) in [6.45, 7) is 0. The van der Waals surface area contributed by atoms with Gasteiger partial charge in [-0.3, -0.25) is 0 Å². The van der Waals surface area contributed by atoms with Crippen molar-refractivity contribution >= 4 is 6.01 Å². The quantitative estimate of drug-likeness (QED) is 0.593. The highest BCUT2D eigenvalue weighted by Gasteiger charge is 2.06. The van der Waals surface area contributed by atoms with Crippen molar-refractivity contribution in [2.45, 2.75) is 0 Å². The van der Waals surface area contributed by atoms with Crippen molar-refractivity contribution in [3.63, 3.8) is 0 Å². The van der Waals surface area contributed by atoms with Gasteiger partial charge in [0, 0.05) is 5.56 Å². The standard InChI is InChI=1S/C9H8N2O3/c10-9-11-6(4-14-9)5-1-2-7(12)8(13)3-5/h1-4,12-13H,(H2,10,11). The van der Waals surface area contributed by atoms with E-state index in [0.29, 0.717) is 11.3 Å². The smallest absolute Gasteiger partial charge is 0.292 e. The van der Waals surface area contributed by atoms with E-state index in [1.807, 2.05) is 0 Å². The zero-order valence-electron chi connectivity index (χ0n) is 7.14. The largest absolute Gasteiger partial charge is 0.504 e. The number of hydrogen-bond donors (Lipinski definition) is 3. The van der Waals surface area contributed by atoms with Gasteiger partial charge < -0.3 is 20.4 Å². The summed E-state index contributed by atoms with van der Waals surface area (Å²) in [5.74, 6) is -0.380. The van der Waals surface area contributed by atoms with Crippen molar-refractivity contribution in [3.8, 4) is 22.8 Å². The van der Waals surface area contributed by atoms with E-state index < -0.39 is 0 Å². The van der Waals surface area contributed by atoms with Gasteiger partial charge in [0.15, 0.2) is 11.5 Å². The molecule has 2 rings (SSSR count). The fourth-order valence-electron chi connectivity index (χ4n) is 1.10. The van der Waals surface area contributed by atoms with E-state index in [9.17, 15) is 5.11 Å². The van der Waals surface area contributed by atoms with Crippen LogP contribution in [-0.2, 0) is 0 Å². The second-order valence-electron chi connectivity index (χ2n) is 2.77. The third kappa shape index (κ3) is 1.35. The number of nitrogen functional groups attached to an aromatic ring is 1. The molecule has 5 heteroatoms. The summed E-state index contributed by atoms with van der Waals surface area (Å²) in [5.41, 5.74) is 6.43. The number of benzene rings is 1. The first-order valence-corrected chi connectivity index (χ1v) is 3.90. The predicted molar refractivity (Wildman–Crippen MR) is 49.7 cm³/mol. The van der Waals surface area contributed by atoms with Gasteiger partial charge in [0.05, 0.1) is 0 Å². The normalized spacial score (nSPS) is 10.3. The lowest BCUT2D eigenvalue weighted by atomic mass is 10.1. The van der Waals surface area contributed by atoms with E-state index >= 15 is 0 Å². The Hall–Kier alpha value is -2.17. The Bertz CT molecular complexity index is 465. The number of hydrogen-bond acceptors (Lipinski definition) is 5. The molecule has 0 aliphatic rings. The second-order valence-corrected chi connectivity index (χ2v) is 2.77. The fourth-order valence-corrected chi connectivity index (χ4v) is 1.10. The van der Waals surface area contributed by atoms with Gasteiger partial charge in [0.25, 0.3) is 6.01 Å². The molecule has 0 radical (unpaired) electrons. The Balaban J connectivity index is 2.47. The fraction of sp³-hybridized carbons (Fsp3) is 0. The number of nitrogens with zero attached hydrogens (tertiary/aromatic N) is 1. The molecule has 0 aliphatic carbocycles. The number of aromatic hydroxyl groups is 2. The summed E-state index contributed by atoms with van der Waals surface area (Å²) in [5, 5.41) is 18.3. The molecular weight excluding hydrogens is 184 g/mol. The maximum Gasteiger partial charge on any atom is 0.292 e. The van der Waals surface area contributed by atoms with Crippen LogP contribution in [0.4, 0.5) is 6.01 Å². The molecule has 0 aliphatic heterocycles. The van der Waals surface area contributed by atoms with E-state index in [-0.39, 0.29) is 17.5 Å². The lowest BCUT2D eigenvalue weighted by molar-refractivity contribution is 0.404. The van der Waals surface area contributed by atoms with Crippen LogP contribution < -0.4 is 5.73 Å². The molecule has 0 spiro atoms. The maximum atomic E-state index is 9.23. The highest BCUT2D eigenvalue weighted by atomic mass is 16.4. The third-order valence-electron chi connectivity index (χ3n) is 1.79. The van der Waals surface area contributed by atoms with Crippen molar-refractivity contribution in [3.05, 3.63) is 24.5 Å². The topological polar surface area (TPSA) is 92.5 Å². The van der Waals surface area contributed by atoms with Gasteiger partial charge in [0.2, 0.25) is 0 Å². The molecule has 1 aromatic heterocycles. The second kappa shape index (κ2) is 2.95. The Morgan fingerprint density at radius 3 is 2.57 bits per heavy atom. The van der Waals surface area contributed by atoms with Gasteiger partial charge in [-0.05, 0) is 18.2 Å². The molecule has 14 heavy (non-hydrogen) atoms. The maximum absolute atomic E-state index is 9.23. The molecule has 5 nitrogen and oxygen atoms in total. The van der Waals surface area contributed by atoms with E-state index in [0.717, 1.165) is 0 Å². The minimum atomic E-state index is -0.205. The van der Waals surface area contributed by atoms with E-state index in [2.05, 4.69) is 4.98 Å². The zero-order valence-corrected chi connectivity index (χ0v) is 7.14. The van der Waals surface area contributed by atoms with Crippen molar-refractivity contribution in [1.29, 1.82) is 0 Å². The minimum absolute atomic E-state index is 0.0626. The average molecular weight is 192 g/mol. The molecule has 72 valence electrons. The number of rotatable bonds is 1. The van der Waals surface area contributed by atoms with Gasteiger partial charge in [-0.1, -0.05) is 0 Å². The first-order chi connectivity index (χ1) is 6.66. The molecule has 0 saturated carbocycles. The predicted octanol–water partition coefficient (Wildman–Crippen LogP) is 1.33. The summed E-state index contributed by atoms with van der Waals surface area (Å²) in [6, 6.07) is 4.42. The van der Waals surface area contributed by atoms with E-state index in [1.54, 1.807) is 6.07 Å². The van der Waals surface area contributed by atoms with Gasteiger partial charge in [-0.15, -0.1) is 0 Å². The Morgan fingerprint density at radius 1 is 1.21 bits per heavy atom. The van der Waals surface area contributed by atoms with E-state index in [4.69, 9.17) is 15.3 Å². The lowest BCUT2D eigenvalue weighted by Gasteiger charge is -1.99. The monoisotopic (exact) mass is 192 g/mol.